The summed E-state index contributed by atoms with van der Waals surface area (Å²) in [6, 6.07) is 13.2. The molecule has 0 bridgehead atoms. The third-order valence-electron chi connectivity index (χ3n) is 5.05. The quantitative estimate of drug-likeness (QED) is 0.231. The van der Waals surface area contributed by atoms with Crippen molar-refractivity contribution in [2.24, 2.45) is 0 Å². The van der Waals surface area contributed by atoms with E-state index in [2.05, 4.69) is 32.6 Å². The van der Waals surface area contributed by atoms with Crippen LogP contribution in [0, 0.1) is 0 Å². The molecule has 1 aromatic heterocycles. The van der Waals surface area contributed by atoms with Gasteiger partial charge in [0, 0.05) is 15.6 Å². The van der Waals surface area contributed by atoms with Crippen molar-refractivity contribution < 1.29 is 27.7 Å². The molecule has 2 N–H and O–H groups in total. The number of halogens is 3. The number of alkyl halides is 2. The number of rotatable bonds is 9. The fourth-order valence-corrected chi connectivity index (χ4v) is 4.62. The van der Waals surface area contributed by atoms with E-state index in [4.69, 9.17) is 14.3 Å². The van der Waals surface area contributed by atoms with Crippen molar-refractivity contribution in [2.45, 2.75) is 24.9 Å². The minimum atomic E-state index is -5.69. The van der Waals surface area contributed by atoms with E-state index in [-0.39, 0.29) is 4.47 Å². The van der Waals surface area contributed by atoms with Gasteiger partial charge in [0.1, 0.15) is 0 Å². The standard InChI is InChI=1S/C24H22BrF2N2O4P/c1-3-5-9-17(4-2)22-28-23(33-29-22)19(18-10-7-6-8-11-18)14-16-12-13-20(21(25)15-16)24(26,27)34(30,31)32/h3-13,15,19H,2,14H2,1H3,(H2,30,31,32)/b5-3-,17-9+. The number of allylic oxidation sites excluding steroid dienone is 5. The second-order valence-corrected chi connectivity index (χ2v) is 9.88. The molecule has 3 rings (SSSR count). The minimum absolute atomic E-state index is 0.111. The molecule has 0 fully saturated rings. The van der Waals surface area contributed by atoms with Crippen LogP contribution in [0.1, 0.15) is 41.2 Å². The molecule has 178 valence electrons. The Kier molecular flexibility index (Phi) is 8.15. The first-order chi connectivity index (χ1) is 16.1. The van der Waals surface area contributed by atoms with E-state index < -0.39 is 24.7 Å². The predicted octanol–water partition coefficient (Wildman–Crippen LogP) is 6.58. The fraction of sp³-hybridized carbons (Fsp3) is 0.167. The van der Waals surface area contributed by atoms with Gasteiger partial charge in [-0.1, -0.05) is 94.4 Å². The van der Waals surface area contributed by atoms with E-state index in [1.165, 1.54) is 12.1 Å². The molecule has 0 spiro atoms. The fourth-order valence-electron chi connectivity index (χ4n) is 3.28. The van der Waals surface area contributed by atoms with Gasteiger partial charge in [-0.25, -0.2) is 0 Å². The van der Waals surface area contributed by atoms with Gasteiger partial charge in [-0.15, -0.1) is 0 Å². The Hall–Kier alpha value is -2.71. The molecule has 0 aliphatic rings. The highest BCUT2D eigenvalue weighted by atomic mass is 79.9. The van der Waals surface area contributed by atoms with Crippen molar-refractivity contribution in [3.63, 3.8) is 0 Å². The van der Waals surface area contributed by atoms with Crippen LogP contribution in [0.5, 0.6) is 0 Å². The second-order valence-electron chi connectivity index (χ2n) is 7.38. The Morgan fingerprint density at radius 2 is 1.97 bits per heavy atom. The second kappa shape index (κ2) is 10.7. The summed E-state index contributed by atoms with van der Waals surface area (Å²) >= 11 is 3.03. The molecule has 0 aliphatic carbocycles. The molecule has 0 radical (unpaired) electrons. The van der Waals surface area contributed by atoms with Crippen molar-refractivity contribution in [1.29, 1.82) is 0 Å². The first kappa shape index (κ1) is 25.9. The molecule has 10 heteroatoms. The molecule has 0 amide bonds. The molecule has 0 saturated heterocycles. The third kappa shape index (κ3) is 5.67. The maximum Gasteiger partial charge on any atom is 0.399 e. The topological polar surface area (TPSA) is 96.5 Å². The Labute approximate surface area is 204 Å². The van der Waals surface area contributed by atoms with E-state index in [1.54, 1.807) is 12.2 Å². The van der Waals surface area contributed by atoms with E-state index in [0.29, 0.717) is 29.3 Å². The van der Waals surface area contributed by atoms with E-state index in [0.717, 1.165) is 11.6 Å². The van der Waals surface area contributed by atoms with Crippen LogP contribution in [0.25, 0.3) is 5.57 Å². The highest BCUT2D eigenvalue weighted by Gasteiger charge is 2.51. The first-order valence-corrected chi connectivity index (χ1v) is 12.6. The van der Waals surface area contributed by atoms with Crippen molar-refractivity contribution in [3.8, 4) is 0 Å². The molecule has 1 unspecified atom stereocenters. The maximum absolute atomic E-state index is 14.2. The monoisotopic (exact) mass is 550 g/mol. The molecular weight excluding hydrogens is 529 g/mol. The first-order valence-electron chi connectivity index (χ1n) is 10.1. The summed E-state index contributed by atoms with van der Waals surface area (Å²) in [7, 11) is -5.69. The van der Waals surface area contributed by atoms with Crippen molar-refractivity contribution in [3.05, 3.63) is 112 Å². The molecule has 2 aromatic carbocycles. The summed E-state index contributed by atoms with van der Waals surface area (Å²) < 4.78 is 45.1. The summed E-state index contributed by atoms with van der Waals surface area (Å²) in [6.45, 7) is 5.66. The van der Waals surface area contributed by atoms with E-state index in [9.17, 15) is 13.3 Å². The van der Waals surface area contributed by atoms with Gasteiger partial charge in [0.05, 0.1) is 5.92 Å². The van der Waals surface area contributed by atoms with Gasteiger partial charge < -0.3 is 14.3 Å². The molecule has 1 atom stereocenters. The van der Waals surface area contributed by atoms with Crippen LogP contribution < -0.4 is 0 Å². The lowest BCUT2D eigenvalue weighted by Gasteiger charge is -2.20. The zero-order valence-corrected chi connectivity index (χ0v) is 20.6. The third-order valence-corrected chi connectivity index (χ3v) is 6.68. The number of hydrogen-bond donors (Lipinski definition) is 2. The molecule has 1 heterocycles. The number of benzene rings is 2. The largest absolute Gasteiger partial charge is 0.399 e. The summed E-state index contributed by atoms with van der Waals surface area (Å²) in [6.07, 6.45) is 7.41. The average molecular weight is 551 g/mol. The van der Waals surface area contributed by atoms with Gasteiger partial charge in [0.15, 0.2) is 0 Å². The predicted molar refractivity (Wildman–Crippen MR) is 129 cm³/mol. The van der Waals surface area contributed by atoms with Crippen LogP contribution in [0.3, 0.4) is 0 Å². The Bertz CT molecular complexity index is 1270. The highest BCUT2D eigenvalue weighted by Crippen LogP contribution is 2.60. The van der Waals surface area contributed by atoms with Crippen molar-refractivity contribution in [2.75, 3.05) is 0 Å². The van der Waals surface area contributed by atoms with E-state index >= 15 is 0 Å². The van der Waals surface area contributed by atoms with Gasteiger partial charge in [-0.2, -0.15) is 13.8 Å². The Morgan fingerprint density at radius 1 is 1.26 bits per heavy atom. The molecular formula is C24H22BrF2N2O4P. The van der Waals surface area contributed by atoms with Crippen molar-refractivity contribution >= 4 is 29.1 Å². The maximum atomic E-state index is 14.2. The molecule has 0 aliphatic heterocycles. The zero-order valence-electron chi connectivity index (χ0n) is 18.1. The van der Waals surface area contributed by atoms with Crippen LogP contribution in [-0.2, 0) is 16.6 Å². The van der Waals surface area contributed by atoms with Gasteiger partial charge in [0.2, 0.25) is 11.7 Å². The van der Waals surface area contributed by atoms with Gasteiger partial charge >= 0.3 is 13.3 Å². The Balaban J connectivity index is 1.99. The minimum Gasteiger partial charge on any atom is -0.338 e. The lowest BCUT2D eigenvalue weighted by atomic mass is 9.91. The summed E-state index contributed by atoms with van der Waals surface area (Å²) in [5.41, 5.74) is -2.93. The summed E-state index contributed by atoms with van der Waals surface area (Å²) in [5.74, 6) is 0.298. The molecule has 0 saturated carbocycles. The van der Waals surface area contributed by atoms with Gasteiger partial charge in [-0.3, -0.25) is 4.57 Å². The number of aromatic nitrogens is 2. The zero-order chi connectivity index (χ0) is 24.9. The Morgan fingerprint density at radius 3 is 2.56 bits per heavy atom. The average Bonchev–Trinajstić information content (AvgIpc) is 3.27. The van der Waals surface area contributed by atoms with Gasteiger partial charge in [0.25, 0.3) is 0 Å². The van der Waals surface area contributed by atoms with E-state index in [1.807, 2.05) is 49.4 Å². The summed E-state index contributed by atoms with van der Waals surface area (Å²) in [5, 5.41) is 4.06. The molecule has 34 heavy (non-hydrogen) atoms. The summed E-state index contributed by atoms with van der Waals surface area (Å²) in [4.78, 5) is 22.6. The number of hydrogen-bond acceptors (Lipinski definition) is 4. The lowest BCUT2D eigenvalue weighted by Crippen LogP contribution is -2.15. The van der Waals surface area contributed by atoms with Crippen LogP contribution in [0.2, 0.25) is 0 Å². The van der Waals surface area contributed by atoms with Crippen LogP contribution in [0.15, 0.2) is 88.4 Å². The highest BCUT2D eigenvalue weighted by molar-refractivity contribution is 9.10. The van der Waals surface area contributed by atoms with Crippen LogP contribution >= 0.6 is 23.5 Å². The van der Waals surface area contributed by atoms with Gasteiger partial charge in [-0.05, 0) is 30.5 Å². The van der Waals surface area contributed by atoms with Crippen LogP contribution in [0.4, 0.5) is 8.78 Å². The smallest absolute Gasteiger partial charge is 0.338 e. The normalized spacial score (nSPS) is 13.9. The van der Waals surface area contributed by atoms with Crippen LogP contribution in [-0.4, -0.2) is 19.9 Å². The SMILES string of the molecule is C=C/C(=C\C=C/C)c1noc(C(Cc2ccc(C(F)(F)P(=O)(O)O)c(Br)c2)c2ccccc2)n1. The number of nitrogens with zero attached hydrogens (tertiary/aromatic N) is 2. The van der Waals surface area contributed by atoms with Crippen molar-refractivity contribution in [1.82, 2.24) is 10.1 Å². The molecule has 3 aromatic rings. The lowest BCUT2D eigenvalue weighted by molar-refractivity contribution is 0.0557. The molecule has 6 nitrogen and oxygen atoms in total.